The summed E-state index contributed by atoms with van der Waals surface area (Å²) in [4.78, 5) is 0. The van der Waals surface area contributed by atoms with Crippen molar-refractivity contribution in [3.8, 4) is 5.75 Å². The first-order valence-electron chi connectivity index (χ1n) is 6.87. The molecule has 1 aromatic carbocycles. The zero-order chi connectivity index (χ0) is 14.4. The van der Waals surface area contributed by atoms with Crippen LogP contribution < -0.4 is 10.5 Å². The molecule has 106 valence electrons. The number of rotatable bonds is 4. The average molecular weight is 265 g/mol. The molecular formula is C16H24FNO. The minimum Gasteiger partial charge on any atom is -0.496 e. The first-order valence-corrected chi connectivity index (χ1v) is 6.87. The van der Waals surface area contributed by atoms with Crippen LogP contribution in [0.3, 0.4) is 0 Å². The quantitative estimate of drug-likeness (QED) is 0.903. The van der Waals surface area contributed by atoms with Crippen LogP contribution in [0.2, 0.25) is 0 Å². The van der Waals surface area contributed by atoms with Gasteiger partial charge in [-0.15, -0.1) is 0 Å². The van der Waals surface area contributed by atoms with Crippen molar-refractivity contribution in [2.45, 2.75) is 57.7 Å². The fourth-order valence-electron chi connectivity index (χ4n) is 3.05. The van der Waals surface area contributed by atoms with Crippen LogP contribution in [0.1, 0.15) is 50.3 Å². The highest BCUT2D eigenvalue weighted by Crippen LogP contribution is 2.55. The predicted molar refractivity (Wildman–Crippen MR) is 76.4 cm³/mol. The predicted octanol–water partition coefficient (Wildman–Crippen LogP) is 3.59. The summed E-state index contributed by atoms with van der Waals surface area (Å²) in [6.07, 6.45) is 2.11. The van der Waals surface area contributed by atoms with Gasteiger partial charge in [-0.3, -0.25) is 0 Å². The molecule has 0 spiro atoms. The molecule has 0 radical (unpaired) electrons. The van der Waals surface area contributed by atoms with E-state index < -0.39 is 5.67 Å². The lowest BCUT2D eigenvalue weighted by atomic mass is 9.82. The maximum atomic E-state index is 14.4. The van der Waals surface area contributed by atoms with Crippen molar-refractivity contribution >= 4 is 0 Å². The first-order chi connectivity index (χ1) is 8.74. The van der Waals surface area contributed by atoms with Crippen LogP contribution in [0.25, 0.3) is 0 Å². The Labute approximate surface area is 115 Å². The van der Waals surface area contributed by atoms with E-state index in [1.54, 1.807) is 21.0 Å². The molecule has 1 fully saturated rings. The Kier molecular flexibility index (Phi) is 3.38. The minimum absolute atomic E-state index is 0.0311. The summed E-state index contributed by atoms with van der Waals surface area (Å²) in [6.45, 7) is 7.21. The third-order valence-electron chi connectivity index (χ3n) is 4.37. The van der Waals surface area contributed by atoms with Gasteiger partial charge in [-0.1, -0.05) is 12.1 Å². The number of ether oxygens (including phenoxy) is 1. The Morgan fingerprint density at radius 2 is 1.95 bits per heavy atom. The molecule has 1 saturated carbocycles. The normalized spacial score (nSPS) is 19.1. The summed E-state index contributed by atoms with van der Waals surface area (Å²) in [5, 5.41) is 0. The Bertz CT molecular complexity index is 484. The first kappa shape index (κ1) is 14.3. The molecule has 1 aromatic rings. The molecule has 2 nitrogen and oxygen atoms in total. The molecule has 2 rings (SSSR count). The SMILES string of the molecule is COc1c(C(C)(C)F)ccc(C)c1C1(C(C)N)CC1. The Morgan fingerprint density at radius 1 is 1.37 bits per heavy atom. The lowest BCUT2D eigenvalue weighted by Gasteiger charge is -2.28. The zero-order valence-electron chi connectivity index (χ0n) is 12.5. The summed E-state index contributed by atoms with van der Waals surface area (Å²) in [7, 11) is 1.62. The van der Waals surface area contributed by atoms with Gasteiger partial charge in [0.15, 0.2) is 0 Å². The van der Waals surface area contributed by atoms with E-state index in [2.05, 4.69) is 6.92 Å². The topological polar surface area (TPSA) is 35.2 Å². The number of hydrogen-bond donors (Lipinski definition) is 1. The van der Waals surface area contributed by atoms with E-state index in [4.69, 9.17) is 10.5 Å². The van der Waals surface area contributed by atoms with Crippen molar-refractivity contribution in [2.75, 3.05) is 7.11 Å². The summed E-state index contributed by atoms with van der Waals surface area (Å²) < 4.78 is 19.9. The van der Waals surface area contributed by atoms with Gasteiger partial charge in [0, 0.05) is 22.6 Å². The van der Waals surface area contributed by atoms with Crippen molar-refractivity contribution in [1.29, 1.82) is 0 Å². The van der Waals surface area contributed by atoms with Crippen LogP contribution in [0, 0.1) is 6.92 Å². The highest BCUT2D eigenvalue weighted by Gasteiger charge is 2.50. The third kappa shape index (κ3) is 2.25. The van der Waals surface area contributed by atoms with Gasteiger partial charge < -0.3 is 10.5 Å². The fourth-order valence-corrected chi connectivity index (χ4v) is 3.05. The Morgan fingerprint density at radius 3 is 2.32 bits per heavy atom. The molecule has 0 aliphatic heterocycles. The van der Waals surface area contributed by atoms with Crippen molar-refractivity contribution < 1.29 is 9.13 Å². The molecule has 1 aliphatic rings. The molecule has 19 heavy (non-hydrogen) atoms. The third-order valence-corrected chi connectivity index (χ3v) is 4.37. The molecule has 0 bridgehead atoms. The van der Waals surface area contributed by atoms with E-state index in [1.807, 2.05) is 19.1 Å². The highest BCUT2D eigenvalue weighted by molar-refractivity contribution is 5.55. The minimum atomic E-state index is -1.41. The van der Waals surface area contributed by atoms with Gasteiger partial charge in [-0.25, -0.2) is 4.39 Å². The van der Waals surface area contributed by atoms with Gasteiger partial charge in [0.1, 0.15) is 11.4 Å². The molecule has 1 atom stereocenters. The zero-order valence-corrected chi connectivity index (χ0v) is 12.5. The van der Waals surface area contributed by atoms with Gasteiger partial charge in [-0.2, -0.15) is 0 Å². The number of methoxy groups -OCH3 is 1. The van der Waals surface area contributed by atoms with Crippen LogP contribution in [-0.4, -0.2) is 13.2 Å². The number of nitrogens with two attached hydrogens (primary N) is 1. The van der Waals surface area contributed by atoms with E-state index in [9.17, 15) is 4.39 Å². The van der Waals surface area contributed by atoms with Crippen molar-refractivity contribution in [3.05, 3.63) is 28.8 Å². The van der Waals surface area contributed by atoms with Crippen LogP contribution in [0.4, 0.5) is 4.39 Å². The second-order valence-electron chi connectivity index (χ2n) is 6.26. The molecule has 1 aliphatic carbocycles. The van der Waals surface area contributed by atoms with Crippen molar-refractivity contribution in [2.24, 2.45) is 5.73 Å². The highest BCUT2D eigenvalue weighted by atomic mass is 19.1. The molecule has 0 amide bonds. The van der Waals surface area contributed by atoms with Gasteiger partial charge >= 0.3 is 0 Å². The lowest BCUT2D eigenvalue weighted by molar-refractivity contribution is 0.212. The number of alkyl halides is 1. The largest absolute Gasteiger partial charge is 0.496 e. The summed E-state index contributed by atoms with van der Waals surface area (Å²) >= 11 is 0. The van der Waals surface area contributed by atoms with E-state index in [0.29, 0.717) is 11.3 Å². The monoisotopic (exact) mass is 265 g/mol. The van der Waals surface area contributed by atoms with Crippen molar-refractivity contribution in [3.63, 3.8) is 0 Å². The molecule has 1 unspecified atom stereocenters. The molecule has 2 N–H and O–H groups in total. The maximum absolute atomic E-state index is 14.4. The molecule has 3 heteroatoms. The molecule has 0 aromatic heterocycles. The number of halogens is 1. The van der Waals surface area contributed by atoms with Crippen LogP contribution in [-0.2, 0) is 11.1 Å². The van der Waals surface area contributed by atoms with Crippen LogP contribution in [0.5, 0.6) is 5.75 Å². The van der Waals surface area contributed by atoms with Gasteiger partial charge in [0.05, 0.1) is 7.11 Å². The van der Waals surface area contributed by atoms with Gasteiger partial charge in [-0.05, 0) is 46.1 Å². The number of aryl methyl sites for hydroxylation is 1. The molecule has 0 saturated heterocycles. The Hall–Kier alpha value is -1.09. The van der Waals surface area contributed by atoms with Crippen LogP contribution in [0.15, 0.2) is 12.1 Å². The van der Waals surface area contributed by atoms with Gasteiger partial charge in [0.2, 0.25) is 0 Å². The van der Waals surface area contributed by atoms with Crippen LogP contribution >= 0.6 is 0 Å². The van der Waals surface area contributed by atoms with Gasteiger partial charge in [0.25, 0.3) is 0 Å². The summed E-state index contributed by atoms with van der Waals surface area (Å²) in [6, 6.07) is 3.87. The summed E-state index contributed by atoms with van der Waals surface area (Å²) in [5.74, 6) is 0.683. The Balaban J connectivity index is 2.67. The molecular weight excluding hydrogens is 241 g/mol. The van der Waals surface area contributed by atoms with E-state index in [0.717, 1.165) is 24.0 Å². The van der Waals surface area contributed by atoms with Crippen molar-refractivity contribution in [1.82, 2.24) is 0 Å². The van der Waals surface area contributed by atoms with E-state index >= 15 is 0 Å². The fraction of sp³-hybridized carbons (Fsp3) is 0.625. The van der Waals surface area contributed by atoms with E-state index in [-0.39, 0.29) is 11.5 Å². The second kappa shape index (κ2) is 4.48. The lowest BCUT2D eigenvalue weighted by Crippen LogP contribution is -2.33. The number of benzene rings is 1. The van der Waals surface area contributed by atoms with E-state index in [1.165, 1.54) is 0 Å². The summed E-state index contributed by atoms with van der Waals surface area (Å²) in [5.41, 5.74) is 7.58. The second-order valence-corrected chi connectivity index (χ2v) is 6.26. The standard InChI is InChI=1S/C16H24FNO/c1-10-6-7-12(15(3,4)17)14(19-5)13(10)16(8-9-16)11(2)18/h6-7,11H,8-9,18H2,1-5H3. The smallest absolute Gasteiger partial charge is 0.134 e. The average Bonchev–Trinajstić information content (AvgIpc) is 3.07. The molecule has 0 heterocycles. The number of hydrogen-bond acceptors (Lipinski definition) is 2. The maximum Gasteiger partial charge on any atom is 0.134 e.